The molecule has 2 aromatic heterocycles. The summed E-state index contributed by atoms with van der Waals surface area (Å²) in [7, 11) is 0. The van der Waals surface area contributed by atoms with Crippen molar-refractivity contribution in [3.05, 3.63) is 83.1 Å². The van der Waals surface area contributed by atoms with E-state index in [1.165, 1.54) is 12.4 Å². The number of benzene rings is 1. The molecule has 0 radical (unpaired) electrons. The van der Waals surface area contributed by atoms with E-state index in [0.717, 1.165) is 13.1 Å². The zero-order valence-corrected chi connectivity index (χ0v) is 18.8. The molecule has 1 aromatic carbocycles. The summed E-state index contributed by atoms with van der Waals surface area (Å²) >= 11 is 0. The zero-order valence-electron chi connectivity index (χ0n) is 18.8. The van der Waals surface area contributed by atoms with Gasteiger partial charge in [-0.3, -0.25) is 35.1 Å². The van der Waals surface area contributed by atoms with Gasteiger partial charge in [0.25, 0.3) is 11.8 Å². The molecule has 9 nitrogen and oxygen atoms in total. The van der Waals surface area contributed by atoms with Crippen molar-refractivity contribution in [1.29, 1.82) is 0 Å². The van der Waals surface area contributed by atoms with Crippen LogP contribution in [-0.4, -0.2) is 40.7 Å². The quantitative estimate of drug-likeness (QED) is 0.455. The number of nitrogens with one attached hydrogen (secondary N) is 3. The van der Waals surface area contributed by atoms with Gasteiger partial charge in [0, 0.05) is 18.0 Å². The van der Waals surface area contributed by atoms with Crippen LogP contribution in [0.2, 0.25) is 0 Å². The lowest BCUT2D eigenvalue weighted by Crippen LogP contribution is -2.41. The van der Waals surface area contributed by atoms with Gasteiger partial charge in [-0.2, -0.15) is 0 Å². The molecule has 0 unspecified atom stereocenters. The number of nitrogens with zero attached hydrogens (tertiary/aromatic N) is 2. The van der Waals surface area contributed by atoms with Crippen LogP contribution in [0, 0.1) is 6.92 Å². The Morgan fingerprint density at radius 3 is 2.30 bits per heavy atom. The number of amides is 3. The zero-order chi connectivity index (χ0) is 23.8. The maximum absolute atomic E-state index is 12.8. The molecule has 172 valence electrons. The van der Waals surface area contributed by atoms with Crippen molar-refractivity contribution in [2.45, 2.75) is 27.3 Å². The maximum atomic E-state index is 12.8. The third-order valence-electron chi connectivity index (χ3n) is 5.15. The van der Waals surface area contributed by atoms with E-state index in [9.17, 15) is 14.4 Å². The Morgan fingerprint density at radius 2 is 1.61 bits per heavy atom. The topological polar surface area (TPSA) is 117 Å². The second kappa shape index (κ2) is 11.1. The van der Waals surface area contributed by atoms with E-state index >= 15 is 0 Å². The van der Waals surface area contributed by atoms with Gasteiger partial charge in [-0.15, -0.1) is 0 Å². The van der Waals surface area contributed by atoms with E-state index in [-0.39, 0.29) is 17.2 Å². The van der Waals surface area contributed by atoms with Gasteiger partial charge in [0.1, 0.15) is 5.76 Å². The molecule has 3 N–H and O–H groups in total. The average Bonchev–Trinajstić information content (AvgIpc) is 3.31. The molecule has 0 bridgehead atoms. The van der Waals surface area contributed by atoms with Gasteiger partial charge in [0.15, 0.2) is 5.76 Å². The van der Waals surface area contributed by atoms with Crippen LogP contribution in [0.25, 0.3) is 0 Å². The first-order valence-corrected chi connectivity index (χ1v) is 10.7. The second-order valence-electron chi connectivity index (χ2n) is 7.32. The number of hydrogen-bond donors (Lipinski definition) is 3. The second-order valence-corrected chi connectivity index (χ2v) is 7.32. The molecular formula is C24H27N5O4. The van der Waals surface area contributed by atoms with Crippen LogP contribution in [0.5, 0.6) is 0 Å². The number of furan rings is 1. The fraction of sp³-hybridized carbons (Fsp3) is 0.250. The normalized spacial score (nSPS) is 10.7. The molecule has 33 heavy (non-hydrogen) atoms. The van der Waals surface area contributed by atoms with Crippen LogP contribution >= 0.6 is 0 Å². The van der Waals surface area contributed by atoms with Crippen molar-refractivity contribution in [2.75, 3.05) is 18.4 Å². The number of hydrazine groups is 1. The first-order valence-electron chi connectivity index (χ1n) is 10.7. The third-order valence-corrected chi connectivity index (χ3v) is 5.15. The SMILES string of the molecule is CCN(CC)Cc1ccc(C(=O)NNC(=O)c2cccc(C)c2NC(=O)c2ccncc2)o1. The lowest BCUT2D eigenvalue weighted by Gasteiger charge is -2.15. The van der Waals surface area contributed by atoms with Crippen LogP contribution in [0.4, 0.5) is 5.69 Å². The Balaban J connectivity index is 1.66. The van der Waals surface area contributed by atoms with E-state index in [4.69, 9.17) is 4.42 Å². The Kier molecular flexibility index (Phi) is 7.93. The van der Waals surface area contributed by atoms with E-state index in [0.29, 0.717) is 29.1 Å². The molecule has 9 heteroatoms. The fourth-order valence-electron chi connectivity index (χ4n) is 3.21. The fourth-order valence-corrected chi connectivity index (χ4v) is 3.21. The van der Waals surface area contributed by atoms with E-state index in [1.54, 1.807) is 49.4 Å². The van der Waals surface area contributed by atoms with Crippen LogP contribution in [-0.2, 0) is 6.54 Å². The van der Waals surface area contributed by atoms with Gasteiger partial charge in [-0.1, -0.05) is 26.0 Å². The minimum atomic E-state index is -0.579. The summed E-state index contributed by atoms with van der Waals surface area (Å²) in [6, 6.07) is 11.5. The van der Waals surface area contributed by atoms with E-state index in [2.05, 4.69) is 39.9 Å². The Bertz CT molecular complexity index is 1120. The number of rotatable bonds is 8. The highest BCUT2D eigenvalue weighted by atomic mass is 16.4. The first kappa shape index (κ1) is 23.7. The van der Waals surface area contributed by atoms with Crippen molar-refractivity contribution in [3.63, 3.8) is 0 Å². The summed E-state index contributed by atoms with van der Waals surface area (Å²) in [6.45, 7) is 8.20. The highest BCUT2D eigenvalue weighted by Gasteiger charge is 2.18. The maximum Gasteiger partial charge on any atom is 0.305 e. The van der Waals surface area contributed by atoms with Crippen LogP contribution < -0.4 is 16.2 Å². The molecule has 0 saturated heterocycles. The molecule has 0 spiro atoms. The van der Waals surface area contributed by atoms with Gasteiger partial charge in [-0.05, 0) is 55.9 Å². The number of carbonyl (C=O) groups is 3. The van der Waals surface area contributed by atoms with Crippen molar-refractivity contribution in [3.8, 4) is 0 Å². The lowest BCUT2D eigenvalue weighted by atomic mass is 10.1. The molecule has 3 rings (SSSR count). The summed E-state index contributed by atoms with van der Waals surface area (Å²) in [4.78, 5) is 43.8. The first-order chi connectivity index (χ1) is 15.9. The van der Waals surface area contributed by atoms with E-state index in [1.807, 2.05) is 0 Å². The van der Waals surface area contributed by atoms with Crippen molar-refractivity contribution in [1.82, 2.24) is 20.7 Å². The summed E-state index contributed by atoms with van der Waals surface area (Å²) in [5.41, 5.74) is 6.40. The molecule has 0 atom stereocenters. The summed E-state index contributed by atoms with van der Waals surface area (Å²) in [5.74, 6) is -0.778. The van der Waals surface area contributed by atoms with Crippen molar-refractivity contribution < 1.29 is 18.8 Å². The highest BCUT2D eigenvalue weighted by Crippen LogP contribution is 2.21. The molecule has 0 saturated carbocycles. The molecule has 0 aliphatic carbocycles. The Labute approximate surface area is 192 Å². The Morgan fingerprint density at radius 1 is 0.909 bits per heavy atom. The highest BCUT2D eigenvalue weighted by molar-refractivity contribution is 6.10. The predicted octanol–water partition coefficient (Wildman–Crippen LogP) is 3.15. The number of aromatic nitrogens is 1. The van der Waals surface area contributed by atoms with E-state index < -0.39 is 11.8 Å². The number of aryl methyl sites for hydroxylation is 1. The largest absolute Gasteiger partial charge is 0.454 e. The predicted molar refractivity (Wildman–Crippen MR) is 124 cm³/mol. The van der Waals surface area contributed by atoms with Gasteiger partial charge < -0.3 is 9.73 Å². The number of anilines is 1. The summed E-state index contributed by atoms with van der Waals surface area (Å²) in [5, 5.41) is 2.76. The molecule has 3 amide bonds. The minimum Gasteiger partial charge on any atom is -0.454 e. The summed E-state index contributed by atoms with van der Waals surface area (Å²) < 4.78 is 5.59. The summed E-state index contributed by atoms with van der Waals surface area (Å²) in [6.07, 6.45) is 3.02. The average molecular weight is 450 g/mol. The molecule has 2 heterocycles. The van der Waals surface area contributed by atoms with Crippen LogP contribution in [0.1, 0.15) is 56.4 Å². The van der Waals surface area contributed by atoms with Gasteiger partial charge in [0.05, 0.1) is 17.8 Å². The molecule has 0 aliphatic heterocycles. The van der Waals surface area contributed by atoms with Gasteiger partial charge >= 0.3 is 5.91 Å². The van der Waals surface area contributed by atoms with Crippen molar-refractivity contribution >= 4 is 23.4 Å². The third kappa shape index (κ3) is 6.05. The smallest absolute Gasteiger partial charge is 0.305 e. The monoisotopic (exact) mass is 449 g/mol. The standard InChI is InChI=1S/C24H27N5O4/c1-4-29(5-2)15-18-9-10-20(33-18)24(32)28-27-23(31)19-8-6-7-16(3)21(19)26-22(30)17-11-13-25-14-12-17/h6-14H,4-5,15H2,1-3H3,(H,26,30)(H,27,31)(H,28,32). The van der Waals surface area contributed by atoms with Gasteiger partial charge in [0.2, 0.25) is 0 Å². The van der Waals surface area contributed by atoms with Gasteiger partial charge in [-0.25, -0.2) is 0 Å². The Hall–Kier alpha value is -3.98. The van der Waals surface area contributed by atoms with Crippen LogP contribution in [0.15, 0.2) is 59.3 Å². The number of para-hydroxylation sites is 1. The number of carbonyl (C=O) groups excluding carboxylic acids is 3. The number of hydrogen-bond acceptors (Lipinski definition) is 6. The minimum absolute atomic E-state index is 0.0907. The molecule has 3 aromatic rings. The lowest BCUT2D eigenvalue weighted by molar-refractivity contribution is 0.0829. The molecule has 0 aliphatic rings. The van der Waals surface area contributed by atoms with Crippen LogP contribution in [0.3, 0.4) is 0 Å². The molecule has 0 fully saturated rings. The number of pyridine rings is 1. The molecular weight excluding hydrogens is 422 g/mol. The van der Waals surface area contributed by atoms with Crippen molar-refractivity contribution in [2.24, 2.45) is 0 Å².